The predicted molar refractivity (Wildman–Crippen MR) is 94.5 cm³/mol. The number of hydrogen-bond donors (Lipinski definition) is 0. The maximum absolute atomic E-state index is 12.9. The molecule has 1 amide bonds. The Kier molecular flexibility index (Phi) is 4.77. The Hall–Kier alpha value is -2.13. The number of likely N-dealkylation sites (N-methyl/N-ethyl adjacent to an activating group) is 1. The van der Waals surface area contributed by atoms with Gasteiger partial charge in [-0.25, -0.2) is 0 Å². The van der Waals surface area contributed by atoms with Crippen molar-refractivity contribution in [2.24, 2.45) is 0 Å². The van der Waals surface area contributed by atoms with Crippen LogP contribution in [-0.4, -0.2) is 29.9 Å². The first-order valence-electron chi connectivity index (χ1n) is 8.35. The van der Waals surface area contributed by atoms with E-state index in [4.69, 9.17) is 0 Å². The molecule has 1 atom stereocenters. The zero-order valence-corrected chi connectivity index (χ0v) is 13.9. The van der Waals surface area contributed by atoms with E-state index in [1.165, 1.54) is 11.1 Å². The highest BCUT2D eigenvalue weighted by atomic mass is 16.2. The first-order valence-corrected chi connectivity index (χ1v) is 8.35. The van der Waals surface area contributed by atoms with E-state index in [1.807, 2.05) is 35.2 Å². The van der Waals surface area contributed by atoms with E-state index in [1.54, 1.807) is 0 Å². The molecule has 0 spiro atoms. The quantitative estimate of drug-likeness (QED) is 0.844. The molecule has 0 aromatic heterocycles. The molecule has 2 aromatic rings. The van der Waals surface area contributed by atoms with Crippen molar-refractivity contribution in [3.8, 4) is 0 Å². The summed E-state index contributed by atoms with van der Waals surface area (Å²) in [5.41, 5.74) is 3.61. The lowest BCUT2D eigenvalue weighted by molar-refractivity contribution is -0.120. The minimum atomic E-state index is 0.195. The van der Waals surface area contributed by atoms with Gasteiger partial charge in [-0.3, -0.25) is 9.69 Å². The van der Waals surface area contributed by atoms with Crippen molar-refractivity contribution in [1.29, 1.82) is 0 Å². The van der Waals surface area contributed by atoms with Gasteiger partial charge in [0.15, 0.2) is 0 Å². The van der Waals surface area contributed by atoms with Crippen LogP contribution in [-0.2, 0) is 17.8 Å². The molecule has 0 bridgehead atoms. The molecule has 0 fully saturated rings. The van der Waals surface area contributed by atoms with Gasteiger partial charge in [0.2, 0.25) is 5.91 Å². The predicted octanol–water partition coefficient (Wildman–Crippen LogP) is 3.49. The zero-order valence-electron chi connectivity index (χ0n) is 13.9. The molecule has 0 aliphatic carbocycles. The normalized spacial score (nSPS) is 16.7. The van der Waals surface area contributed by atoms with Crippen LogP contribution < -0.4 is 4.90 Å². The minimum Gasteiger partial charge on any atom is -0.308 e. The molecule has 1 heterocycles. The van der Waals surface area contributed by atoms with Gasteiger partial charge >= 0.3 is 0 Å². The van der Waals surface area contributed by atoms with Gasteiger partial charge in [0.05, 0.1) is 6.54 Å². The molecule has 3 heteroatoms. The van der Waals surface area contributed by atoms with Crippen molar-refractivity contribution < 1.29 is 4.79 Å². The van der Waals surface area contributed by atoms with Crippen LogP contribution in [0.3, 0.4) is 0 Å². The molecule has 3 rings (SSSR count). The van der Waals surface area contributed by atoms with Gasteiger partial charge in [-0.2, -0.15) is 0 Å². The third-order valence-electron chi connectivity index (χ3n) is 4.53. The number of benzene rings is 2. The van der Waals surface area contributed by atoms with Crippen LogP contribution in [0.25, 0.3) is 0 Å². The summed E-state index contributed by atoms with van der Waals surface area (Å²) in [6.07, 6.45) is 0.951. The van der Waals surface area contributed by atoms with Gasteiger partial charge in [0.25, 0.3) is 0 Å². The standard InChI is InChI=1S/C20H24N2O/c1-3-21(14-17-9-5-4-6-10-17)15-20(23)22-16(2)13-18-11-7-8-12-19(18)22/h4-12,16H,3,13-15H2,1-2H3. The number of fused-ring (bicyclic) bond motifs is 1. The summed E-state index contributed by atoms with van der Waals surface area (Å²) >= 11 is 0. The Morgan fingerprint density at radius 1 is 1.13 bits per heavy atom. The number of carbonyl (C=O) groups excluding carboxylic acids is 1. The van der Waals surface area contributed by atoms with E-state index in [0.717, 1.165) is 25.2 Å². The number of anilines is 1. The van der Waals surface area contributed by atoms with Gasteiger partial charge in [0, 0.05) is 18.3 Å². The Labute approximate surface area is 138 Å². The van der Waals surface area contributed by atoms with E-state index < -0.39 is 0 Å². The van der Waals surface area contributed by atoms with E-state index in [-0.39, 0.29) is 11.9 Å². The summed E-state index contributed by atoms with van der Waals surface area (Å²) in [5.74, 6) is 0.195. The largest absolute Gasteiger partial charge is 0.308 e. The van der Waals surface area contributed by atoms with Crippen LogP contribution in [0.4, 0.5) is 5.69 Å². The number of carbonyl (C=O) groups is 1. The second-order valence-electron chi connectivity index (χ2n) is 6.23. The Bertz CT molecular complexity index is 668. The van der Waals surface area contributed by atoms with Crippen LogP contribution in [0.2, 0.25) is 0 Å². The average Bonchev–Trinajstić information content (AvgIpc) is 2.91. The van der Waals surface area contributed by atoms with Crippen LogP contribution >= 0.6 is 0 Å². The number of nitrogens with zero attached hydrogens (tertiary/aromatic N) is 2. The Morgan fingerprint density at radius 3 is 2.57 bits per heavy atom. The van der Waals surface area contributed by atoms with Crippen LogP contribution in [0.5, 0.6) is 0 Å². The summed E-state index contributed by atoms with van der Waals surface area (Å²) in [6.45, 7) is 6.38. The highest BCUT2D eigenvalue weighted by Gasteiger charge is 2.30. The van der Waals surface area contributed by atoms with Crippen LogP contribution in [0, 0.1) is 0 Å². The molecule has 0 saturated carbocycles. The molecule has 0 saturated heterocycles. The van der Waals surface area contributed by atoms with Crippen molar-refractivity contribution in [1.82, 2.24) is 4.90 Å². The fourth-order valence-electron chi connectivity index (χ4n) is 3.33. The Balaban J connectivity index is 1.70. The molecule has 2 aromatic carbocycles. The first-order chi connectivity index (χ1) is 11.2. The molecule has 0 N–H and O–H groups in total. The molecule has 3 nitrogen and oxygen atoms in total. The van der Waals surface area contributed by atoms with Crippen molar-refractivity contribution in [3.63, 3.8) is 0 Å². The van der Waals surface area contributed by atoms with E-state index >= 15 is 0 Å². The lowest BCUT2D eigenvalue weighted by Crippen LogP contribution is -2.43. The smallest absolute Gasteiger partial charge is 0.241 e. The molecular weight excluding hydrogens is 284 g/mol. The molecule has 1 aliphatic rings. The van der Waals surface area contributed by atoms with Gasteiger partial charge in [-0.05, 0) is 37.1 Å². The van der Waals surface area contributed by atoms with Crippen LogP contribution in [0.1, 0.15) is 25.0 Å². The monoisotopic (exact) mass is 308 g/mol. The minimum absolute atomic E-state index is 0.195. The molecule has 1 unspecified atom stereocenters. The van der Waals surface area contributed by atoms with E-state index in [9.17, 15) is 4.79 Å². The van der Waals surface area contributed by atoms with Gasteiger partial charge < -0.3 is 4.90 Å². The van der Waals surface area contributed by atoms with Crippen molar-refractivity contribution in [3.05, 3.63) is 65.7 Å². The maximum Gasteiger partial charge on any atom is 0.241 e. The number of amides is 1. The molecule has 0 radical (unpaired) electrons. The fraction of sp³-hybridized carbons (Fsp3) is 0.350. The lowest BCUT2D eigenvalue weighted by Gasteiger charge is -2.27. The van der Waals surface area contributed by atoms with Crippen LogP contribution in [0.15, 0.2) is 54.6 Å². The van der Waals surface area contributed by atoms with Crippen molar-refractivity contribution in [2.45, 2.75) is 32.9 Å². The summed E-state index contributed by atoms with van der Waals surface area (Å²) in [4.78, 5) is 17.0. The second-order valence-corrected chi connectivity index (χ2v) is 6.23. The number of rotatable bonds is 5. The fourth-order valence-corrected chi connectivity index (χ4v) is 3.33. The summed E-state index contributed by atoms with van der Waals surface area (Å²) in [5, 5.41) is 0. The second kappa shape index (κ2) is 6.97. The third-order valence-corrected chi connectivity index (χ3v) is 4.53. The summed E-state index contributed by atoms with van der Waals surface area (Å²) < 4.78 is 0. The summed E-state index contributed by atoms with van der Waals surface area (Å²) in [7, 11) is 0. The highest BCUT2D eigenvalue weighted by Crippen LogP contribution is 2.31. The van der Waals surface area contributed by atoms with E-state index in [0.29, 0.717) is 6.54 Å². The van der Waals surface area contributed by atoms with Gasteiger partial charge in [-0.15, -0.1) is 0 Å². The number of hydrogen-bond acceptors (Lipinski definition) is 2. The van der Waals surface area contributed by atoms with Crippen molar-refractivity contribution in [2.75, 3.05) is 18.0 Å². The third kappa shape index (κ3) is 3.45. The van der Waals surface area contributed by atoms with E-state index in [2.05, 4.69) is 43.0 Å². The Morgan fingerprint density at radius 2 is 1.83 bits per heavy atom. The highest BCUT2D eigenvalue weighted by molar-refractivity contribution is 5.97. The zero-order chi connectivity index (χ0) is 16.2. The molecule has 1 aliphatic heterocycles. The lowest BCUT2D eigenvalue weighted by atomic mass is 10.1. The topological polar surface area (TPSA) is 23.6 Å². The first kappa shape index (κ1) is 15.8. The number of para-hydroxylation sites is 1. The molecule has 23 heavy (non-hydrogen) atoms. The summed E-state index contributed by atoms with van der Waals surface area (Å²) in [6, 6.07) is 18.8. The SMILES string of the molecule is CCN(CC(=O)N1c2ccccc2CC1C)Cc1ccccc1. The average molecular weight is 308 g/mol. The van der Waals surface area contributed by atoms with Crippen molar-refractivity contribution >= 4 is 11.6 Å². The molecular formula is C20H24N2O. The molecule has 120 valence electrons. The van der Waals surface area contributed by atoms with Gasteiger partial charge in [0.1, 0.15) is 0 Å². The van der Waals surface area contributed by atoms with Gasteiger partial charge in [-0.1, -0.05) is 55.5 Å². The maximum atomic E-state index is 12.9.